The Hall–Kier alpha value is -5.02. The minimum atomic E-state index is -2.30. The molecule has 3 aromatic carbocycles. The van der Waals surface area contributed by atoms with Crippen LogP contribution < -0.4 is 14.4 Å². The van der Waals surface area contributed by atoms with Crippen molar-refractivity contribution in [2.45, 2.75) is 102 Å². The quantitative estimate of drug-likeness (QED) is 0.0839. The van der Waals surface area contributed by atoms with E-state index in [9.17, 15) is 15.2 Å². The Bertz CT molecular complexity index is 2340. The molecule has 60 heavy (non-hydrogen) atoms. The van der Waals surface area contributed by atoms with Crippen LogP contribution in [0.5, 0.6) is 11.8 Å². The van der Waals surface area contributed by atoms with Gasteiger partial charge in [0.05, 0.1) is 29.6 Å². The molecule has 1 N–H and O–H groups in total. The van der Waals surface area contributed by atoms with Gasteiger partial charge >= 0.3 is 12.1 Å². The number of piperazine rings is 1. The highest BCUT2D eigenvalue weighted by molar-refractivity contribution is 6.90. The lowest BCUT2D eigenvalue weighted by molar-refractivity contribution is 0.0512. The lowest BCUT2D eigenvalue weighted by Gasteiger charge is -2.40. The molecule has 11 nitrogen and oxygen atoms in total. The Balaban J connectivity index is 1.43. The molecule has 1 aromatic heterocycles. The number of nitriles is 1. The van der Waals surface area contributed by atoms with Crippen molar-refractivity contribution in [1.29, 1.82) is 5.26 Å². The first-order chi connectivity index (χ1) is 28.7. The number of fused-ring (bicyclic) bond motifs is 3. The SMILES string of the molecule is COCOc1cc(-c2ccc3c(N4CCN(C(=O)O)[C@@H](CC#N)C4)nc(OCC45CCCN4CCC5)nc3c2F)c2c(C#C[Si](C(C)C)(C(C)C)C(C)C)c(F)ccc2c1. The van der Waals surface area contributed by atoms with Crippen LogP contribution in [0.25, 0.3) is 32.8 Å². The molecule has 3 aliphatic rings. The van der Waals surface area contributed by atoms with Crippen LogP contribution in [0, 0.1) is 34.4 Å². The summed E-state index contributed by atoms with van der Waals surface area (Å²) in [5, 5.41) is 21.0. The zero-order valence-electron chi connectivity index (χ0n) is 35.8. The number of methoxy groups -OCH3 is 1. The van der Waals surface area contributed by atoms with Crippen molar-refractivity contribution in [3.63, 3.8) is 0 Å². The van der Waals surface area contributed by atoms with Crippen LogP contribution in [0.15, 0.2) is 36.4 Å². The number of amides is 1. The number of ether oxygens (including phenoxy) is 3. The number of hydrogen-bond donors (Lipinski definition) is 1. The van der Waals surface area contributed by atoms with Gasteiger partial charge in [-0.2, -0.15) is 15.2 Å². The summed E-state index contributed by atoms with van der Waals surface area (Å²) in [6, 6.07) is 11.4. The van der Waals surface area contributed by atoms with Gasteiger partial charge in [-0.3, -0.25) is 4.90 Å². The van der Waals surface area contributed by atoms with Crippen molar-refractivity contribution < 1.29 is 32.9 Å². The number of hydrogen-bond acceptors (Lipinski definition) is 9. The van der Waals surface area contributed by atoms with E-state index in [0.717, 1.165) is 38.8 Å². The average molecular weight is 839 g/mol. The molecule has 1 amide bonds. The summed E-state index contributed by atoms with van der Waals surface area (Å²) >= 11 is 0. The predicted octanol–water partition coefficient (Wildman–Crippen LogP) is 9.37. The van der Waals surface area contributed by atoms with Crippen LogP contribution in [-0.2, 0) is 4.74 Å². The lowest BCUT2D eigenvalue weighted by atomic mass is 9.93. The van der Waals surface area contributed by atoms with E-state index in [2.05, 4.69) is 64.0 Å². The number of halogens is 2. The first kappa shape index (κ1) is 43.1. The molecule has 0 unspecified atom stereocenters. The molecular weight excluding hydrogens is 783 g/mol. The molecule has 0 radical (unpaired) electrons. The number of carbonyl (C=O) groups is 1. The average Bonchev–Trinajstić information content (AvgIpc) is 3.80. The highest BCUT2D eigenvalue weighted by Gasteiger charge is 2.45. The maximum absolute atomic E-state index is 17.7. The largest absolute Gasteiger partial charge is 0.468 e. The van der Waals surface area contributed by atoms with E-state index in [1.54, 1.807) is 30.3 Å². The zero-order valence-corrected chi connectivity index (χ0v) is 36.8. The van der Waals surface area contributed by atoms with Crippen LogP contribution in [0.1, 0.15) is 79.2 Å². The minimum Gasteiger partial charge on any atom is -0.468 e. The summed E-state index contributed by atoms with van der Waals surface area (Å²) in [5.41, 5.74) is 5.22. The normalized spacial score (nSPS) is 18.0. The van der Waals surface area contributed by atoms with Crippen molar-refractivity contribution in [3.8, 4) is 40.4 Å². The molecule has 4 heterocycles. The van der Waals surface area contributed by atoms with Crippen molar-refractivity contribution >= 4 is 41.7 Å². The number of rotatable bonds is 12. The number of carboxylic acid groups (broad SMARTS) is 1. The van der Waals surface area contributed by atoms with Gasteiger partial charge in [-0.15, -0.1) is 5.54 Å². The first-order valence-electron chi connectivity index (χ1n) is 21.2. The van der Waals surface area contributed by atoms with Gasteiger partial charge < -0.3 is 29.1 Å². The highest BCUT2D eigenvalue weighted by atomic mass is 28.3. The topological polar surface area (TPSA) is 124 Å². The second kappa shape index (κ2) is 17.5. The number of benzene rings is 3. The number of anilines is 1. The van der Waals surface area contributed by atoms with Crippen molar-refractivity contribution in [1.82, 2.24) is 19.8 Å². The highest BCUT2D eigenvalue weighted by Crippen LogP contribution is 2.44. The summed E-state index contributed by atoms with van der Waals surface area (Å²) in [4.78, 5) is 27.4. The van der Waals surface area contributed by atoms with E-state index < -0.39 is 31.8 Å². The third kappa shape index (κ3) is 7.86. The molecule has 3 saturated heterocycles. The van der Waals surface area contributed by atoms with Crippen LogP contribution in [-0.4, -0.2) is 104 Å². The van der Waals surface area contributed by atoms with Crippen LogP contribution in [0.2, 0.25) is 16.6 Å². The van der Waals surface area contributed by atoms with Crippen molar-refractivity contribution in [2.24, 2.45) is 0 Å². The molecule has 14 heteroatoms. The summed E-state index contributed by atoms with van der Waals surface area (Å²) in [7, 11) is -0.791. The van der Waals surface area contributed by atoms with Crippen molar-refractivity contribution in [2.75, 3.05) is 58.1 Å². The third-order valence-electron chi connectivity index (χ3n) is 13.3. The molecule has 318 valence electrons. The summed E-state index contributed by atoms with van der Waals surface area (Å²) in [6.07, 6.45) is 3.01. The molecule has 0 spiro atoms. The van der Waals surface area contributed by atoms with Gasteiger partial charge in [0, 0.05) is 43.1 Å². The van der Waals surface area contributed by atoms with E-state index in [1.807, 2.05) is 4.90 Å². The first-order valence-corrected chi connectivity index (χ1v) is 23.4. The Labute approximate surface area is 352 Å². The smallest absolute Gasteiger partial charge is 0.407 e. The second-order valence-electron chi connectivity index (χ2n) is 17.5. The molecule has 0 saturated carbocycles. The van der Waals surface area contributed by atoms with Crippen LogP contribution >= 0.6 is 0 Å². The van der Waals surface area contributed by atoms with Gasteiger partial charge in [0.2, 0.25) is 0 Å². The zero-order chi connectivity index (χ0) is 42.9. The van der Waals surface area contributed by atoms with Gasteiger partial charge in [-0.1, -0.05) is 59.6 Å². The van der Waals surface area contributed by atoms with Gasteiger partial charge in [0.25, 0.3) is 0 Å². The Morgan fingerprint density at radius 1 is 0.967 bits per heavy atom. The van der Waals surface area contributed by atoms with Crippen LogP contribution in [0.3, 0.4) is 0 Å². The number of aromatic nitrogens is 2. The van der Waals surface area contributed by atoms with E-state index in [4.69, 9.17) is 24.2 Å². The molecule has 0 aliphatic carbocycles. The van der Waals surface area contributed by atoms with Gasteiger partial charge in [0.15, 0.2) is 12.6 Å². The number of nitrogens with zero attached hydrogens (tertiary/aromatic N) is 6. The summed E-state index contributed by atoms with van der Waals surface area (Å²) < 4.78 is 51.6. The fourth-order valence-corrected chi connectivity index (χ4v) is 15.6. The standard InChI is InChI=1S/C46H56F2N6O5Si/c1-29(2)60(30(3)4,31(5)6)23-15-36-39(47)13-10-32-24-34(59-28-57-7)25-38(40(32)36)35-11-12-37-42(41(35)48)50-44(58-27-46-16-8-19-53(46)20-9-17-46)51-43(37)52-21-22-54(45(55)56)33(26-52)14-18-49/h10-13,24-25,29-31,33H,8-9,14,16-17,19-22,26-28H2,1-7H3,(H,55,56)/t33-/m0/s1. The maximum Gasteiger partial charge on any atom is 0.407 e. The van der Waals surface area contributed by atoms with Crippen LogP contribution in [0.4, 0.5) is 19.4 Å². The van der Waals surface area contributed by atoms with Gasteiger partial charge in [-0.25, -0.2) is 13.6 Å². The Morgan fingerprint density at radius 3 is 2.33 bits per heavy atom. The Morgan fingerprint density at radius 2 is 1.68 bits per heavy atom. The summed E-state index contributed by atoms with van der Waals surface area (Å²) in [5.74, 6) is 2.97. The minimum absolute atomic E-state index is 0.00319. The van der Waals surface area contributed by atoms with E-state index in [-0.39, 0.29) is 61.0 Å². The van der Waals surface area contributed by atoms with E-state index in [0.29, 0.717) is 56.5 Å². The summed E-state index contributed by atoms with van der Waals surface area (Å²) in [6.45, 7) is 16.1. The molecule has 0 bridgehead atoms. The molecular formula is C46H56F2N6O5Si. The molecule has 3 fully saturated rings. The fourth-order valence-electron chi connectivity index (χ4n) is 10.4. The van der Waals surface area contributed by atoms with Crippen molar-refractivity contribution in [3.05, 3.63) is 53.6 Å². The van der Waals surface area contributed by atoms with E-state index in [1.165, 1.54) is 18.1 Å². The maximum atomic E-state index is 17.7. The fraction of sp³-hybridized carbons (Fsp3) is 0.522. The van der Waals surface area contributed by atoms with E-state index >= 15 is 8.78 Å². The second-order valence-corrected chi connectivity index (χ2v) is 23.1. The monoisotopic (exact) mass is 838 g/mol. The lowest BCUT2D eigenvalue weighted by Crippen LogP contribution is -2.55. The molecule has 1 atom stereocenters. The third-order valence-corrected chi connectivity index (χ3v) is 19.6. The molecule has 7 rings (SSSR count). The Kier molecular flexibility index (Phi) is 12.6. The predicted molar refractivity (Wildman–Crippen MR) is 232 cm³/mol. The van der Waals surface area contributed by atoms with Gasteiger partial charge in [-0.05, 0) is 90.6 Å². The molecule has 4 aromatic rings. The van der Waals surface area contributed by atoms with Gasteiger partial charge in [0.1, 0.15) is 37.6 Å². The molecule has 3 aliphatic heterocycles.